The van der Waals surface area contributed by atoms with Gasteiger partial charge < -0.3 is 10.1 Å². The molecule has 0 aliphatic carbocycles. The molecule has 0 aromatic heterocycles. The molecule has 6 heteroatoms. The topological polar surface area (TPSA) is 41.6 Å². The van der Waals surface area contributed by atoms with Crippen LogP contribution in [0.25, 0.3) is 0 Å². The molecule has 3 aromatic rings. The Morgan fingerprint density at radius 1 is 1.03 bits per heavy atom. The lowest BCUT2D eigenvalue weighted by Gasteiger charge is -2.32. The van der Waals surface area contributed by atoms with Gasteiger partial charge >= 0.3 is 0 Å². The van der Waals surface area contributed by atoms with Gasteiger partial charge in [-0.15, -0.1) is 0 Å². The Bertz CT molecular complexity index is 1020. The van der Waals surface area contributed by atoms with E-state index in [0.29, 0.717) is 22.0 Å². The van der Waals surface area contributed by atoms with Crippen molar-refractivity contribution in [3.8, 4) is 5.75 Å². The van der Waals surface area contributed by atoms with E-state index >= 15 is 0 Å². The lowest BCUT2D eigenvalue weighted by molar-refractivity contribution is 0.0968. The maximum Gasteiger partial charge on any atom is 0.255 e. The average Bonchev–Trinajstić information content (AvgIpc) is 2.78. The average molecular weight is 439 g/mol. The van der Waals surface area contributed by atoms with Gasteiger partial charge in [0, 0.05) is 30.9 Å². The van der Waals surface area contributed by atoms with Crippen molar-refractivity contribution in [1.29, 1.82) is 0 Å². The zero-order valence-electron chi connectivity index (χ0n) is 17.1. The number of hydrogen-bond donors (Lipinski definition) is 1. The fraction of sp³-hybridized carbons (Fsp3) is 0.240. The molecule has 1 fully saturated rings. The quantitative estimate of drug-likeness (QED) is 0.530. The first-order chi connectivity index (χ1) is 15.1. The molecule has 160 valence electrons. The van der Waals surface area contributed by atoms with Crippen LogP contribution in [0.2, 0.25) is 5.02 Å². The number of nitrogens with one attached hydrogen (secondary N) is 1. The normalized spacial score (nSPS) is 14.9. The van der Waals surface area contributed by atoms with E-state index in [-0.39, 0.29) is 17.8 Å². The van der Waals surface area contributed by atoms with Crippen LogP contribution in [0.15, 0.2) is 72.8 Å². The van der Waals surface area contributed by atoms with Gasteiger partial charge in [0.05, 0.1) is 5.02 Å². The number of rotatable bonds is 6. The molecule has 0 unspecified atom stereocenters. The van der Waals surface area contributed by atoms with Gasteiger partial charge in [-0.05, 0) is 60.9 Å². The number of likely N-dealkylation sites (tertiary alicyclic amines) is 1. The molecule has 0 bridgehead atoms. The number of benzene rings is 3. The van der Waals surface area contributed by atoms with Crippen molar-refractivity contribution in [1.82, 2.24) is 4.90 Å². The van der Waals surface area contributed by atoms with Crippen molar-refractivity contribution in [2.24, 2.45) is 0 Å². The second kappa shape index (κ2) is 9.94. The maximum atomic E-state index is 13.0. The van der Waals surface area contributed by atoms with Crippen LogP contribution in [0, 0.1) is 5.82 Å². The number of nitrogens with zero attached hydrogens (tertiary/aromatic N) is 1. The number of hydrogen-bond acceptors (Lipinski definition) is 3. The predicted molar refractivity (Wildman–Crippen MR) is 121 cm³/mol. The smallest absolute Gasteiger partial charge is 0.255 e. The lowest BCUT2D eigenvalue weighted by Crippen LogP contribution is -2.37. The Morgan fingerprint density at radius 2 is 1.74 bits per heavy atom. The molecule has 1 N–H and O–H groups in total. The molecule has 1 amide bonds. The van der Waals surface area contributed by atoms with E-state index in [1.54, 1.807) is 18.2 Å². The molecule has 1 heterocycles. The van der Waals surface area contributed by atoms with Gasteiger partial charge in [0.2, 0.25) is 0 Å². The highest BCUT2D eigenvalue weighted by molar-refractivity contribution is 6.32. The molecule has 31 heavy (non-hydrogen) atoms. The van der Waals surface area contributed by atoms with Crippen molar-refractivity contribution in [3.63, 3.8) is 0 Å². The first-order valence-corrected chi connectivity index (χ1v) is 10.7. The number of amides is 1. The number of ether oxygens (including phenoxy) is 1. The van der Waals surface area contributed by atoms with E-state index < -0.39 is 0 Å². The van der Waals surface area contributed by atoms with Gasteiger partial charge in [-0.25, -0.2) is 4.39 Å². The molecule has 0 radical (unpaired) electrons. The molecule has 0 saturated carbocycles. The molecule has 1 saturated heterocycles. The van der Waals surface area contributed by atoms with Crippen LogP contribution in [0.3, 0.4) is 0 Å². The van der Waals surface area contributed by atoms with Crippen molar-refractivity contribution in [2.45, 2.75) is 25.5 Å². The molecule has 4 rings (SSSR count). The predicted octanol–water partition coefficient (Wildman–Crippen LogP) is 5.77. The number of carbonyl (C=O) groups is 1. The summed E-state index contributed by atoms with van der Waals surface area (Å²) in [5.41, 5.74) is 2.26. The van der Waals surface area contributed by atoms with Gasteiger partial charge in [0.15, 0.2) is 0 Å². The fourth-order valence-electron chi connectivity index (χ4n) is 3.69. The van der Waals surface area contributed by atoms with E-state index in [9.17, 15) is 9.18 Å². The van der Waals surface area contributed by atoms with Crippen molar-refractivity contribution < 1.29 is 13.9 Å². The minimum absolute atomic E-state index is 0.115. The van der Waals surface area contributed by atoms with Crippen LogP contribution in [0.1, 0.15) is 28.8 Å². The molecule has 0 atom stereocenters. The number of anilines is 1. The first kappa shape index (κ1) is 21.3. The van der Waals surface area contributed by atoms with E-state index in [0.717, 1.165) is 32.5 Å². The third-order valence-electron chi connectivity index (χ3n) is 5.37. The van der Waals surface area contributed by atoms with Gasteiger partial charge in [0.1, 0.15) is 17.7 Å². The molecule has 4 nitrogen and oxygen atoms in total. The molecular formula is C25H24ClFN2O2. The van der Waals surface area contributed by atoms with Crippen LogP contribution in [-0.2, 0) is 6.54 Å². The highest BCUT2D eigenvalue weighted by Gasteiger charge is 2.21. The number of piperidine rings is 1. The second-order valence-electron chi connectivity index (χ2n) is 7.69. The van der Waals surface area contributed by atoms with E-state index in [1.807, 2.05) is 6.07 Å². The zero-order valence-corrected chi connectivity index (χ0v) is 17.8. The maximum absolute atomic E-state index is 13.0. The van der Waals surface area contributed by atoms with Gasteiger partial charge in [-0.3, -0.25) is 9.69 Å². The summed E-state index contributed by atoms with van der Waals surface area (Å²) in [4.78, 5) is 14.7. The van der Waals surface area contributed by atoms with E-state index in [1.165, 1.54) is 29.8 Å². The highest BCUT2D eigenvalue weighted by atomic mass is 35.5. The summed E-state index contributed by atoms with van der Waals surface area (Å²) < 4.78 is 19.2. The van der Waals surface area contributed by atoms with Crippen molar-refractivity contribution in [3.05, 3.63) is 94.8 Å². The molecule has 1 aliphatic heterocycles. The molecule has 3 aromatic carbocycles. The van der Waals surface area contributed by atoms with Crippen LogP contribution in [-0.4, -0.2) is 30.0 Å². The third-order valence-corrected chi connectivity index (χ3v) is 5.67. The Hall–Kier alpha value is -2.89. The summed E-state index contributed by atoms with van der Waals surface area (Å²) in [5.74, 6) is -0.0922. The molecule has 0 spiro atoms. The largest absolute Gasteiger partial charge is 0.489 e. The summed E-state index contributed by atoms with van der Waals surface area (Å²) in [7, 11) is 0. The Labute approximate surface area is 186 Å². The monoisotopic (exact) mass is 438 g/mol. The summed E-state index contributed by atoms with van der Waals surface area (Å²) in [6.45, 7) is 2.91. The van der Waals surface area contributed by atoms with Crippen molar-refractivity contribution in [2.75, 3.05) is 18.4 Å². The summed E-state index contributed by atoms with van der Waals surface area (Å²) in [6.07, 6.45) is 1.99. The summed E-state index contributed by atoms with van der Waals surface area (Å²) in [6, 6.07) is 21.1. The standard InChI is InChI=1S/C25H24ClFN2O2/c26-23-16-21(28-25(30)19-6-8-20(27)9-7-19)10-11-24(23)31-22-12-14-29(15-13-22)17-18-4-2-1-3-5-18/h1-11,16,22H,12-15,17H2,(H,28,30). The fourth-order valence-corrected chi connectivity index (χ4v) is 3.91. The van der Waals surface area contributed by atoms with Crippen LogP contribution < -0.4 is 10.1 Å². The Balaban J connectivity index is 1.29. The van der Waals surface area contributed by atoms with Crippen molar-refractivity contribution >= 4 is 23.2 Å². The first-order valence-electron chi connectivity index (χ1n) is 10.4. The molecular weight excluding hydrogens is 415 g/mol. The SMILES string of the molecule is O=C(Nc1ccc(OC2CCN(Cc3ccccc3)CC2)c(Cl)c1)c1ccc(F)cc1. The summed E-state index contributed by atoms with van der Waals surface area (Å²) >= 11 is 6.40. The Morgan fingerprint density at radius 3 is 2.42 bits per heavy atom. The second-order valence-corrected chi connectivity index (χ2v) is 8.09. The lowest BCUT2D eigenvalue weighted by atomic mass is 10.1. The minimum Gasteiger partial charge on any atom is -0.489 e. The van der Waals surface area contributed by atoms with Gasteiger partial charge in [-0.1, -0.05) is 41.9 Å². The van der Waals surface area contributed by atoms with E-state index in [2.05, 4.69) is 34.5 Å². The van der Waals surface area contributed by atoms with Crippen LogP contribution in [0.5, 0.6) is 5.75 Å². The van der Waals surface area contributed by atoms with Crippen LogP contribution >= 0.6 is 11.6 Å². The number of carbonyl (C=O) groups excluding carboxylic acids is 1. The third kappa shape index (κ3) is 5.84. The van der Waals surface area contributed by atoms with Gasteiger partial charge in [0.25, 0.3) is 5.91 Å². The van der Waals surface area contributed by atoms with Gasteiger partial charge in [-0.2, -0.15) is 0 Å². The van der Waals surface area contributed by atoms with Crippen LogP contribution in [0.4, 0.5) is 10.1 Å². The zero-order chi connectivity index (χ0) is 21.6. The number of halogens is 2. The molecule has 1 aliphatic rings. The highest BCUT2D eigenvalue weighted by Crippen LogP contribution is 2.30. The Kier molecular flexibility index (Phi) is 6.85. The van der Waals surface area contributed by atoms with E-state index in [4.69, 9.17) is 16.3 Å². The minimum atomic E-state index is -0.382. The summed E-state index contributed by atoms with van der Waals surface area (Å²) in [5, 5.41) is 3.22.